The zero-order chi connectivity index (χ0) is 29.3. The number of hydrogen-bond acceptors (Lipinski definition) is 6. The Morgan fingerprint density at radius 1 is 0.857 bits per heavy atom. The summed E-state index contributed by atoms with van der Waals surface area (Å²) < 4.78 is 19.4. The molecule has 1 spiro atoms. The normalized spacial score (nSPS) is 16.2. The van der Waals surface area contributed by atoms with Crippen LogP contribution >= 0.6 is 0 Å². The van der Waals surface area contributed by atoms with Crippen molar-refractivity contribution in [2.75, 3.05) is 30.4 Å². The van der Waals surface area contributed by atoms with Crippen LogP contribution in [0.4, 0.5) is 17.1 Å². The lowest BCUT2D eigenvalue weighted by Crippen LogP contribution is -2.34. The third-order valence-corrected chi connectivity index (χ3v) is 8.32. The Hall–Kier alpha value is -4.45. The van der Waals surface area contributed by atoms with Gasteiger partial charge in [-0.25, -0.2) is 4.79 Å². The van der Waals surface area contributed by atoms with E-state index in [2.05, 4.69) is 49.2 Å². The molecule has 0 fully saturated rings. The molecule has 4 aromatic carbocycles. The number of carbonyl (C=O) groups excluding carboxylic acids is 1. The molecule has 216 valence electrons. The minimum Gasteiger partial charge on any atom is -0.491 e. The van der Waals surface area contributed by atoms with Crippen LogP contribution in [0.1, 0.15) is 72.1 Å². The van der Waals surface area contributed by atoms with Crippen LogP contribution in [0.3, 0.4) is 0 Å². The van der Waals surface area contributed by atoms with Crippen LogP contribution in [0.5, 0.6) is 17.2 Å². The van der Waals surface area contributed by atoms with Crippen molar-refractivity contribution >= 4 is 23.0 Å². The van der Waals surface area contributed by atoms with Crippen LogP contribution < -0.4 is 19.7 Å². The van der Waals surface area contributed by atoms with Gasteiger partial charge in [0.25, 0.3) is 0 Å². The zero-order valence-electron chi connectivity index (χ0n) is 24.8. The van der Waals surface area contributed by atoms with Gasteiger partial charge in [-0.2, -0.15) is 0 Å². The van der Waals surface area contributed by atoms with Crippen LogP contribution in [-0.4, -0.2) is 26.2 Å². The summed E-state index contributed by atoms with van der Waals surface area (Å²) in [5, 5.41) is 3.55. The fraction of sp³-hybridized carbons (Fsp3) is 0.306. The summed E-state index contributed by atoms with van der Waals surface area (Å²) in [7, 11) is 1.69. The molecular weight excluding hydrogens is 524 g/mol. The second-order valence-corrected chi connectivity index (χ2v) is 11.1. The van der Waals surface area contributed by atoms with E-state index in [9.17, 15) is 4.79 Å². The largest absolute Gasteiger partial charge is 0.491 e. The van der Waals surface area contributed by atoms with E-state index in [4.69, 9.17) is 14.2 Å². The van der Waals surface area contributed by atoms with E-state index >= 15 is 0 Å². The van der Waals surface area contributed by atoms with E-state index in [-0.39, 0.29) is 5.97 Å². The smallest absolute Gasteiger partial charge is 0.340 e. The van der Waals surface area contributed by atoms with Crippen molar-refractivity contribution in [3.8, 4) is 17.2 Å². The van der Waals surface area contributed by atoms with Crippen molar-refractivity contribution in [1.82, 2.24) is 0 Å². The van der Waals surface area contributed by atoms with Crippen LogP contribution in [0, 0.1) is 6.92 Å². The number of esters is 1. The quantitative estimate of drug-likeness (QED) is 0.195. The number of carbonyl (C=O) groups is 1. The predicted molar refractivity (Wildman–Crippen MR) is 168 cm³/mol. The van der Waals surface area contributed by atoms with Gasteiger partial charge in [0.2, 0.25) is 0 Å². The van der Waals surface area contributed by atoms with Gasteiger partial charge in [0.05, 0.1) is 23.9 Å². The molecule has 0 radical (unpaired) electrons. The monoisotopic (exact) mass is 562 g/mol. The molecule has 6 heteroatoms. The Bertz CT molecular complexity index is 1610. The molecule has 4 aromatic rings. The lowest BCUT2D eigenvalue weighted by Gasteiger charge is -2.38. The minimum atomic E-state index is -1.18. The molecule has 6 nitrogen and oxygen atoms in total. The van der Waals surface area contributed by atoms with Crippen molar-refractivity contribution in [2.45, 2.75) is 52.1 Å². The molecule has 2 aliphatic rings. The van der Waals surface area contributed by atoms with Gasteiger partial charge in [0, 0.05) is 35.6 Å². The van der Waals surface area contributed by atoms with Gasteiger partial charge in [0.1, 0.15) is 5.75 Å². The van der Waals surface area contributed by atoms with Gasteiger partial charge in [-0.15, -0.1) is 0 Å². The van der Waals surface area contributed by atoms with E-state index in [1.807, 2.05) is 60.7 Å². The third-order valence-electron chi connectivity index (χ3n) is 8.32. The summed E-state index contributed by atoms with van der Waals surface area (Å²) in [6.07, 6.45) is 4.38. The number of methoxy groups -OCH3 is 1. The molecule has 1 unspecified atom stereocenters. The van der Waals surface area contributed by atoms with Crippen LogP contribution in [0.2, 0.25) is 0 Å². The molecule has 42 heavy (non-hydrogen) atoms. The van der Waals surface area contributed by atoms with Crippen molar-refractivity contribution in [1.29, 1.82) is 0 Å². The van der Waals surface area contributed by atoms with E-state index in [1.54, 1.807) is 7.11 Å². The fourth-order valence-corrected chi connectivity index (χ4v) is 6.15. The second-order valence-electron chi connectivity index (χ2n) is 11.1. The van der Waals surface area contributed by atoms with E-state index in [1.165, 1.54) is 0 Å². The van der Waals surface area contributed by atoms with Crippen molar-refractivity contribution < 1.29 is 19.0 Å². The highest BCUT2D eigenvalue weighted by molar-refractivity contribution is 5.97. The molecule has 0 saturated heterocycles. The number of benzene rings is 4. The number of aryl methyl sites for hydroxylation is 1. The summed E-state index contributed by atoms with van der Waals surface area (Å²) in [5.41, 5.74) is 5.62. The topological polar surface area (TPSA) is 60.0 Å². The van der Waals surface area contributed by atoms with Gasteiger partial charge < -0.3 is 24.4 Å². The lowest BCUT2D eigenvalue weighted by atomic mass is 9.77. The average Bonchev–Trinajstić information content (AvgIpc) is 3.30. The van der Waals surface area contributed by atoms with Crippen LogP contribution in [0.15, 0.2) is 78.9 Å². The molecule has 0 aliphatic carbocycles. The summed E-state index contributed by atoms with van der Waals surface area (Å²) in [6, 6.07) is 25.9. The first-order chi connectivity index (χ1) is 20.5. The predicted octanol–water partition coefficient (Wildman–Crippen LogP) is 8.72. The van der Waals surface area contributed by atoms with E-state index in [0.29, 0.717) is 22.8 Å². The number of nitrogens with zero attached hydrogens (tertiary/aromatic N) is 1. The first-order valence-electron chi connectivity index (χ1n) is 15.0. The van der Waals surface area contributed by atoms with Gasteiger partial charge in [-0.3, -0.25) is 0 Å². The zero-order valence-corrected chi connectivity index (χ0v) is 24.8. The Balaban J connectivity index is 1.57. The molecule has 0 amide bonds. The molecule has 1 N–H and O–H groups in total. The summed E-state index contributed by atoms with van der Waals surface area (Å²) >= 11 is 0. The van der Waals surface area contributed by atoms with Gasteiger partial charge in [-0.05, 0) is 67.8 Å². The first kappa shape index (κ1) is 27.7. The average molecular weight is 563 g/mol. The number of rotatable bonds is 10. The maximum atomic E-state index is 13.4. The Labute approximate surface area is 248 Å². The molecule has 0 saturated carbocycles. The Morgan fingerprint density at radius 3 is 2.29 bits per heavy atom. The molecule has 2 aliphatic heterocycles. The maximum Gasteiger partial charge on any atom is 0.340 e. The number of anilines is 3. The first-order valence-corrected chi connectivity index (χ1v) is 15.0. The molecule has 1 atom stereocenters. The number of ether oxygens (including phenoxy) is 3. The third kappa shape index (κ3) is 4.55. The number of nitrogens with one attached hydrogen (secondary N) is 1. The molecule has 6 rings (SSSR count). The number of hydrogen-bond donors (Lipinski definition) is 1. The second kappa shape index (κ2) is 11.4. The summed E-state index contributed by atoms with van der Waals surface area (Å²) in [4.78, 5) is 15.8. The molecule has 0 bridgehead atoms. The van der Waals surface area contributed by atoms with Crippen LogP contribution in [0.25, 0.3) is 0 Å². The highest BCUT2D eigenvalue weighted by Gasteiger charge is 2.54. The van der Waals surface area contributed by atoms with Gasteiger partial charge in [0.15, 0.2) is 17.1 Å². The highest BCUT2D eigenvalue weighted by atomic mass is 16.6. The lowest BCUT2D eigenvalue weighted by molar-refractivity contribution is 0.0223. The van der Waals surface area contributed by atoms with Crippen molar-refractivity contribution in [2.24, 2.45) is 0 Å². The molecule has 0 aromatic heterocycles. The highest BCUT2D eigenvalue weighted by Crippen LogP contribution is 2.60. The maximum absolute atomic E-state index is 13.4. The van der Waals surface area contributed by atoms with Crippen LogP contribution in [-0.2, 0) is 10.3 Å². The Kier molecular flexibility index (Phi) is 7.55. The fourth-order valence-electron chi connectivity index (χ4n) is 6.15. The SMILES string of the molecule is CCCCN(CCCC)c1ccc2c(c1OC)Oc1cc(C)c(Nc3ccccc3)cc1C21OC(=O)c2ccccc21. The molecule has 2 heterocycles. The summed E-state index contributed by atoms with van der Waals surface area (Å²) in [5.74, 6) is 1.55. The number of unbranched alkanes of at least 4 members (excludes halogenated alkanes) is 2. The van der Waals surface area contributed by atoms with E-state index in [0.717, 1.165) is 78.1 Å². The van der Waals surface area contributed by atoms with Crippen molar-refractivity contribution in [3.05, 3.63) is 107 Å². The standard InChI is InChI=1S/C36H38N2O4/c1-5-7-20-38(21-8-6-2)31-19-18-28-33(34(31)40-4)41-32-22-24(3)30(37-25-14-10-9-11-15-25)23-29(32)36(28)27-17-13-12-16-26(27)35(39)42-36/h9-19,22-23,37H,5-8,20-21H2,1-4H3. The number of para-hydroxylation sites is 1. The Morgan fingerprint density at radius 2 is 1.57 bits per heavy atom. The van der Waals surface area contributed by atoms with E-state index < -0.39 is 5.60 Å². The summed E-state index contributed by atoms with van der Waals surface area (Å²) in [6.45, 7) is 8.33. The number of fused-ring (bicyclic) bond motifs is 6. The molecular formula is C36H38N2O4. The van der Waals surface area contributed by atoms with Gasteiger partial charge >= 0.3 is 5.97 Å². The van der Waals surface area contributed by atoms with Gasteiger partial charge in [-0.1, -0.05) is 63.1 Å². The van der Waals surface area contributed by atoms with Crippen molar-refractivity contribution in [3.63, 3.8) is 0 Å². The minimum absolute atomic E-state index is 0.349.